The van der Waals surface area contributed by atoms with Gasteiger partial charge in [0.2, 0.25) is 0 Å². The molecule has 0 amide bonds. The van der Waals surface area contributed by atoms with E-state index in [1.807, 2.05) is 24.5 Å². The summed E-state index contributed by atoms with van der Waals surface area (Å²) < 4.78 is 7.96. The van der Waals surface area contributed by atoms with Crippen LogP contribution >= 0.6 is 0 Å². The predicted molar refractivity (Wildman–Crippen MR) is 92.7 cm³/mol. The molecule has 0 bridgehead atoms. The minimum atomic E-state index is -0.129. The summed E-state index contributed by atoms with van der Waals surface area (Å²) in [7, 11) is 0. The number of aromatic nitrogens is 4. The maximum Gasteiger partial charge on any atom is 0.165 e. The Bertz CT molecular complexity index is 824. The molecule has 3 heterocycles. The van der Waals surface area contributed by atoms with Gasteiger partial charge in [-0.2, -0.15) is 0 Å². The summed E-state index contributed by atoms with van der Waals surface area (Å²) in [4.78, 5) is 13.3. The molecule has 6 nitrogen and oxygen atoms in total. The smallest absolute Gasteiger partial charge is 0.165 e. The number of hydrogen-bond acceptors (Lipinski definition) is 5. The van der Waals surface area contributed by atoms with Gasteiger partial charge < -0.3 is 14.6 Å². The number of rotatable bonds is 5. The predicted octanol–water partition coefficient (Wildman–Crippen LogP) is 3.01. The van der Waals surface area contributed by atoms with Crippen molar-refractivity contribution >= 4 is 17.0 Å². The Hall–Kier alpha value is -2.47. The average molecular weight is 323 g/mol. The van der Waals surface area contributed by atoms with Gasteiger partial charge in [0.15, 0.2) is 11.5 Å². The quantitative estimate of drug-likeness (QED) is 0.782. The van der Waals surface area contributed by atoms with Crippen molar-refractivity contribution in [3.8, 4) is 0 Å². The van der Waals surface area contributed by atoms with E-state index in [1.54, 1.807) is 6.33 Å². The van der Waals surface area contributed by atoms with Crippen LogP contribution in [0.25, 0.3) is 11.2 Å². The molecule has 0 spiro atoms. The molecule has 1 aliphatic heterocycles. The lowest BCUT2D eigenvalue weighted by Crippen LogP contribution is -2.29. The number of imidazole rings is 1. The molecule has 1 aromatic carbocycles. The third-order valence-electron chi connectivity index (χ3n) is 4.51. The second kappa shape index (κ2) is 6.20. The first-order valence-corrected chi connectivity index (χ1v) is 8.31. The Morgan fingerprint density at radius 1 is 1.21 bits per heavy atom. The van der Waals surface area contributed by atoms with Crippen molar-refractivity contribution in [3.63, 3.8) is 0 Å². The van der Waals surface area contributed by atoms with Gasteiger partial charge in [0, 0.05) is 13.2 Å². The molecular weight excluding hydrogens is 302 g/mol. The van der Waals surface area contributed by atoms with Crippen LogP contribution in [0.1, 0.15) is 25.3 Å². The number of benzene rings is 1. The van der Waals surface area contributed by atoms with E-state index in [9.17, 15) is 0 Å². The topological polar surface area (TPSA) is 64.9 Å². The molecule has 0 aliphatic carbocycles. The summed E-state index contributed by atoms with van der Waals surface area (Å²) in [5.74, 6) is 0.764. The zero-order valence-corrected chi connectivity index (χ0v) is 13.8. The van der Waals surface area contributed by atoms with Crippen molar-refractivity contribution in [3.05, 3.63) is 48.5 Å². The third kappa shape index (κ3) is 2.97. The summed E-state index contributed by atoms with van der Waals surface area (Å²) in [5, 5.41) is 3.36. The number of nitrogens with zero attached hydrogens (tertiary/aromatic N) is 4. The number of nitrogens with one attached hydrogen (secondary N) is 1. The molecule has 3 aromatic rings. The normalized spacial score (nSPS) is 20.5. The van der Waals surface area contributed by atoms with Crippen molar-refractivity contribution in [2.75, 3.05) is 11.9 Å². The second-order valence-corrected chi connectivity index (χ2v) is 6.51. The van der Waals surface area contributed by atoms with Crippen molar-refractivity contribution in [1.29, 1.82) is 0 Å². The van der Waals surface area contributed by atoms with Gasteiger partial charge in [0.1, 0.15) is 11.8 Å². The standard InChI is InChI=1S/C18H21N5O/c1-18(8-5-9-24-18)11-23-13-22-15-16(20-12-21-17(15)23)19-10-14-6-3-2-4-7-14/h2-4,6-7,12-13H,5,8-11H2,1H3,(H,19,20,21). The molecule has 1 N–H and O–H groups in total. The summed E-state index contributed by atoms with van der Waals surface area (Å²) in [6.45, 7) is 4.46. The van der Waals surface area contributed by atoms with E-state index in [1.165, 1.54) is 5.56 Å². The fraction of sp³-hybridized carbons (Fsp3) is 0.389. The average Bonchev–Trinajstić information content (AvgIpc) is 3.21. The van der Waals surface area contributed by atoms with E-state index in [0.29, 0.717) is 6.54 Å². The lowest BCUT2D eigenvalue weighted by molar-refractivity contribution is 0.00695. The van der Waals surface area contributed by atoms with Gasteiger partial charge in [-0.25, -0.2) is 15.0 Å². The van der Waals surface area contributed by atoms with Crippen LogP contribution in [0.15, 0.2) is 43.0 Å². The van der Waals surface area contributed by atoms with Gasteiger partial charge in [-0.15, -0.1) is 0 Å². The number of fused-ring (bicyclic) bond motifs is 1. The van der Waals surface area contributed by atoms with Crippen molar-refractivity contribution in [2.45, 2.75) is 38.5 Å². The maximum atomic E-state index is 5.89. The van der Waals surface area contributed by atoms with Crippen LogP contribution in [-0.2, 0) is 17.8 Å². The SMILES string of the molecule is CC1(Cn2cnc3c(NCc4ccccc4)ncnc32)CCCO1. The molecule has 1 aliphatic rings. The van der Waals surface area contributed by atoms with E-state index in [0.717, 1.165) is 43.0 Å². The highest BCUT2D eigenvalue weighted by atomic mass is 16.5. The second-order valence-electron chi connectivity index (χ2n) is 6.51. The van der Waals surface area contributed by atoms with Crippen molar-refractivity contribution < 1.29 is 4.74 Å². The minimum absolute atomic E-state index is 0.129. The lowest BCUT2D eigenvalue weighted by atomic mass is 10.0. The summed E-state index contributed by atoms with van der Waals surface area (Å²) in [6, 6.07) is 10.2. The summed E-state index contributed by atoms with van der Waals surface area (Å²) in [5.41, 5.74) is 2.72. The van der Waals surface area contributed by atoms with E-state index < -0.39 is 0 Å². The van der Waals surface area contributed by atoms with Crippen LogP contribution in [0.4, 0.5) is 5.82 Å². The molecular formula is C18H21N5O. The molecule has 4 rings (SSSR count). The van der Waals surface area contributed by atoms with Gasteiger partial charge in [0.05, 0.1) is 18.5 Å². The van der Waals surface area contributed by atoms with Crippen LogP contribution in [0, 0.1) is 0 Å². The van der Waals surface area contributed by atoms with Crippen molar-refractivity contribution in [1.82, 2.24) is 19.5 Å². The van der Waals surface area contributed by atoms with Gasteiger partial charge >= 0.3 is 0 Å². The molecule has 1 atom stereocenters. The number of hydrogen-bond donors (Lipinski definition) is 1. The molecule has 2 aromatic heterocycles. The first-order valence-electron chi connectivity index (χ1n) is 8.31. The van der Waals surface area contributed by atoms with E-state index in [-0.39, 0.29) is 5.60 Å². The molecule has 24 heavy (non-hydrogen) atoms. The fourth-order valence-corrected chi connectivity index (χ4v) is 3.23. The highest BCUT2D eigenvalue weighted by molar-refractivity contribution is 5.82. The number of ether oxygens (including phenoxy) is 1. The Balaban J connectivity index is 1.57. The Morgan fingerprint density at radius 2 is 2.08 bits per heavy atom. The lowest BCUT2D eigenvalue weighted by Gasteiger charge is -2.23. The van der Waals surface area contributed by atoms with Gasteiger partial charge in [-0.05, 0) is 25.3 Å². The summed E-state index contributed by atoms with van der Waals surface area (Å²) in [6.07, 6.45) is 5.60. The Morgan fingerprint density at radius 3 is 2.88 bits per heavy atom. The minimum Gasteiger partial charge on any atom is -0.373 e. The number of anilines is 1. The van der Waals surface area contributed by atoms with E-state index >= 15 is 0 Å². The molecule has 1 fully saturated rings. The van der Waals surface area contributed by atoms with Crippen LogP contribution in [0.3, 0.4) is 0 Å². The molecule has 0 saturated carbocycles. The van der Waals surface area contributed by atoms with E-state index in [4.69, 9.17) is 4.74 Å². The van der Waals surface area contributed by atoms with Gasteiger partial charge in [-0.3, -0.25) is 0 Å². The van der Waals surface area contributed by atoms with Crippen LogP contribution in [0.2, 0.25) is 0 Å². The first kappa shape index (κ1) is 15.1. The summed E-state index contributed by atoms with van der Waals surface area (Å²) >= 11 is 0. The molecule has 1 unspecified atom stereocenters. The highest BCUT2D eigenvalue weighted by Gasteiger charge is 2.31. The molecule has 0 radical (unpaired) electrons. The molecule has 6 heteroatoms. The van der Waals surface area contributed by atoms with Crippen molar-refractivity contribution in [2.24, 2.45) is 0 Å². The van der Waals surface area contributed by atoms with Crippen LogP contribution in [-0.4, -0.2) is 31.7 Å². The molecule has 124 valence electrons. The van der Waals surface area contributed by atoms with Crippen LogP contribution in [0.5, 0.6) is 0 Å². The Kier molecular flexibility index (Phi) is 3.90. The van der Waals surface area contributed by atoms with Crippen LogP contribution < -0.4 is 5.32 Å². The monoisotopic (exact) mass is 323 g/mol. The zero-order chi connectivity index (χ0) is 16.4. The first-order chi connectivity index (χ1) is 11.7. The fourth-order valence-electron chi connectivity index (χ4n) is 3.23. The largest absolute Gasteiger partial charge is 0.373 e. The zero-order valence-electron chi connectivity index (χ0n) is 13.8. The van der Waals surface area contributed by atoms with Gasteiger partial charge in [-0.1, -0.05) is 30.3 Å². The molecule has 1 saturated heterocycles. The Labute approximate surface area is 140 Å². The van der Waals surface area contributed by atoms with E-state index in [2.05, 4.69) is 43.9 Å². The maximum absolute atomic E-state index is 5.89. The van der Waals surface area contributed by atoms with Gasteiger partial charge in [0.25, 0.3) is 0 Å². The highest BCUT2D eigenvalue weighted by Crippen LogP contribution is 2.28. The third-order valence-corrected chi connectivity index (χ3v) is 4.51.